The average Bonchev–Trinajstić information content (AvgIpc) is 2.47. The van der Waals surface area contributed by atoms with Crippen molar-refractivity contribution < 1.29 is 0 Å². The summed E-state index contributed by atoms with van der Waals surface area (Å²) < 4.78 is 1.98. The van der Waals surface area contributed by atoms with Crippen LogP contribution in [-0.4, -0.2) is 19.6 Å². The van der Waals surface area contributed by atoms with Gasteiger partial charge in [-0.2, -0.15) is 0 Å². The quantitative estimate of drug-likeness (QED) is 0.687. The topological polar surface area (TPSA) is 43.1 Å². The molecule has 14 heavy (non-hydrogen) atoms. The van der Waals surface area contributed by atoms with Gasteiger partial charge in [0.1, 0.15) is 5.82 Å². The number of hydrogen-bond donors (Lipinski definition) is 0. The first kappa shape index (κ1) is 9.12. The van der Waals surface area contributed by atoms with E-state index in [9.17, 15) is 0 Å². The van der Waals surface area contributed by atoms with Crippen molar-refractivity contribution in [2.75, 3.05) is 0 Å². The maximum Gasteiger partial charge on any atom is 0.179 e. The van der Waals surface area contributed by atoms with Gasteiger partial charge in [0.05, 0.1) is 6.20 Å². The number of rotatable bonds is 1. The highest BCUT2D eigenvalue weighted by molar-refractivity contribution is 5.33. The van der Waals surface area contributed by atoms with E-state index < -0.39 is 0 Å². The molecule has 0 radical (unpaired) electrons. The minimum absolute atomic E-state index is 0.228. The summed E-state index contributed by atoms with van der Waals surface area (Å²) >= 11 is 0. The molecule has 0 aromatic carbocycles. The highest BCUT2D eigenvalue weighted by Crippen LogP contribution is 2.19. The van der Waals surface area contributed by atoms with Crippen molar-refractivity contribution in [3.05, 3.63) is 24.4 Å². The molecule has 0 spiro atoms. The molecule has 2 aromatic heterocycles. The second-order valence-corrected chi connectivity index (χ2v) is 4.66. The largest absolute Gasteiger partial charge is 0.284 e. The average molecular weight is 190 g/mol. The van der Waals surface area contributed by atoms with E-state index in [0.717, 1.165) is 17.9 Å². The summed E-state index contributed by atoms with van der Waals surface area (Å²) in [5.41, 5.74) is 1.04. The Morgan fingerprint density at radius 1 is 1.29 bits per heavy atom. The van der Waals surface area contributed by atoms with Crippen LogP contribution in [0.5, 0.6) is 0 Å². The van der Waals surface area contributed by atoms with Crippen LogP contribution in [-0.2, 0) is 6.42 Å². The van der Waals surface area contributed by atoms with Gasteiger partial charge in [-0.15, -0.1) is 10.2 Å². The molecule has 0 N–H and O–H groups in total. The van der Waals surface area contributed by atoms with Gasteiger partial charge in [0.2, 0.25) is 0 Å². The first-order valence-electron chi connectivity index (χ1n) is 4.70. The lowest BCUT2D eigenvalue weighted by molar-refractivity contribution is 0.399. The summed E-state index contributed by atoms with van der Waals surface area (Å²) in [5, 5.41) is 8.21. The smallest absolute Gasteiger partial charge is 0.179 e. The molecule has 0 aliphatic carbocycles. The normalized spacial score (nSPS) is 12.2. The van der Waals surface area contributed by atoms with Gasteiger partial charge in [-0.05, 0) is 5.41 Å². The number of nitrogens with zero attached hydrogens (tertiary/aromatic N) is 4. The van der Waals surface area contributed by atoms with E-state index in [1.807, 2.05) is 10.6 Å². The minimum Gasteiger partial charge on any atom is -0.284 e. The first-order valence-corrected chi connectivity index (χ1v) is 4.70. The van der Waals surface area contributed by atoms with Crippen LogP contribution in [0.3, 0.4) is 0 Å². The Labute approximate surface area is 83.0 Å². The van der Waals surface area contributed by atoms with E-state index in [1.165, 1.54) is 0 Å². The molecule has 4 nitrogen and oxygen atoms in total. The second kappa shape index (κ2) is 3.04. The van der Waals surface area contributed by atoms with Crippen LogP contribution >= 0.6 is 0 Å². The summed E-state index contributed by atoms with van der Waals surface area (Å²) in [6.07, 6.45) is 6.29. The van der Waals surface area contributed by atoms with Gasteiger partial charge < -0.3 is 0 Å². The van der Waals surface area contributed by atoms with Crippen LogP contribution in [0.25, 0.3) is 5.65 Å². The SMILES string of the molecule is CC(C)(C)Cc1nnc2cnccn12. The fraction of sp³-hybridized carbons (Fsp3) is 0.500. The lowest BCUT2D eigenvalue weighted by atomic mass is 9.92. The maximum absolute atomic E-state index is 4.15. The molecule has 0 aliphatic heterocycles. The zero-order valence-electron chi connectivity index (χ0n) is 8.73. The van der Waals surface area contributed by atoms with Crippen LogP contribution in [0.4, 0.5) is 0 Å². The summed E-state index contributed by atoms with van der Waals surface area (Å²) in [7, 11) is 0. The highest BCUT2D eigenvalue weighted by atomic mass is 15.2. The molecular formula is C10H14N4. The third-order valence-electron chi connectivity index (χ3n) is 1.97. The Kier molecular flexibility index (Phi) is 1.98. The molecule has 2 heterocycles. The number of aromatic nitrogens is 4. The van der Waals surface area contributed by atoms with Gasteiger partial charge in [-0.1, -0.05) is 20.8 Å². The van der Waals surface area contributed by atoms with Crippen molar-refractivity contribution in [1.29, 1.82) is 0 Å². The Morgan fingerprint density at radius 3 is 2.79 bits per heavy atom. The van der Waals surface area contributed by atoms with Crippen molar-refractivity contribution in [3.63, 3.8) is 0 Å². The Morgan fingerprint density at radius 2 is 2.07 bits per heavy atom. The van der Waals surface area contributed by atoms with Crippen molar-refractivity contribution in [2.45, 2.75) is 27.2 Å². The number of hydrogen-bond acceptors (Lipinski definition) is 3. The third kappa shape index (κ3) is 1.73. The third-order valence-corrected chi connectivity index (χ3v) is 1.97. The first-order chi connectivity index (χ1) is 6.56. The Bertz CT molecular complexity index is 439. The zero-order valence-corrected chi connectivity index (χ0v) is 8.73. The predicted octanol–water partition coefficient (Wildman–Crippen LogP) is 1.71. The lowest BCUT2D eigenvalue weighted by Gasteiger charge is -2.15. The summed E-state index contributed by atoms with van der Waals surface area (Å²) in [4.78, 5) is 4.00. The molecule has 74 valence electrons. The van der Waals surface area contributed by atoms with Gasteiger partial charge in [-0.25, -0.2) is 0 Å². The second-order valence-electron chi connectivity index (χ2n) is 4.66. The summed E-state index contributed by atoms with van der Waals surface area (Å²) in [6, 6.07) is 0. The highest BCUT2D eigenvalue weighted by Gasteiger charge is 2.15. The van der Waals surface area contributed by atoms with Crippen molar-refractivity contribution in [3.8, 4) is 0 Å². The molecule has 2 rings (SSSR count). The van der Waals surface area contributed by atoms with Crippen molar-refractivity contribution in [2.24, 2.45) is 5.41 Å². The monoisotopic (exact) mass is 190 g/mol. The van der Waals surface area contributed by atoms with Crippen LogP contribution in [0.1, 0.15) is 26.6 Å². The van der Waals surface area contributed by atoms with Gasteiger partial charge in [-0.3, -0.25) is 9.38 Å². The maximum atomic E-state index is 4.15. The van der Waals surface area contributed by atoms with Gasteiger partial charge in [0.25, 0.3) is 0 Å². The lowest BCUT2D eigenvalue weighted by Crippen LogP contribution is -2.11. The molecule has 4 heteroatoms. The fourth-order valence-electron chi connectivity index (χ4n) is 1.40. The molecular weight excluding hydrogens is 176 g/mol. The van der Waals surface area contributed by atoms with Crippen LogP contribution < -0.4 is 0 Å². The Balaban J connectivity index is 2.44. The van der Waals surface area contributed by atoms with E-state index in [2.05, 4.69) is 36.0 Å². The fourth-order valence-corrected chi connectivity index (χ4v) is 1.40. The van der Waals surface area contributed by atoms with E-state index in [-0.39, 0.29) is 5.41 Å². The van der Waals surface area contributed by atoms with Crippen LogP contribution in [0, 0.1) is 5.41 Å². The molecule has 0 bridgehead atoms. The van der Waals surface area contributed by atoms with Gasteiger partial charge in [0, 0.05) is 18.8 Å². The van der Waals surface area contributed by atoms with Gasteiger partial charge in [0.15, 0.2) is 5.65 Å². The molecule has 0 unspecified atom stereocenters. The molecule has 0 amide bonds. The van der Waals surface area contributed by atoms with Gasteiger partial charge >= 0.3 is 0 Å². The number of fused-ring (bicyclic) bond motifs is 1. The molecule has 0 aliphatic rings. The summed E-state index contributed by atoms with van der Waals surface area (Å²) in [5.74, 6) is 0.995. The van der Waals surface area contributed by atoms with E-state index >= 15 is 0 Å². The molecule has 2 aromatic rings. The zero-order chi connectivity index (χ0) is 10.2. The predicted molar refractivity (Wildman–Crippen MR) is 53.9 cm³/mol. The standard InChI is InChI=1S/C10H14N4/c1-10(2,3)6-8-12-13-9-7-11-4-5-14(8)9/h4-5,7H,6H2,1-3H3. The van der Waals surface area contributed by atoms with Crippen molar-refractivity contribution >= 4 is 5.65 Å². The Hall–Kier alpha value is -1.45. The van der Waals surface area contributed by atoms with E-state index in [4.69, 9.17) is 0 Å². The van der Waals surface area contributed by atoms with Crippen LogP contribution in [0.15, 0.2) is 18.6 Å². The van der Waals surface area contributed by atoms with E-state index in [1.54, 1.807) is 12.4 Å². The molecule has 0 saturated heterocycles. The molecule has 0 atom stereocenters. The molecule has 0 saturated carbocycles. The minimum atomic E-state index is 0.228. The van der Waals surface area contributed by atoms with Crippen molar-refractivity contribution in [1.82, 2.24) is 19.6 Å². The molecule has 0 fully saturated rings. The van der Waals surface area contributed by atoms with E-state index in [0.29, 0.717) is 0 Å². The summed E-state index contributed by atoms with van der Waals surface area (Å²) in [6.45, 7) is 6.57. The van der Waals surface area contributed by atoms with Crippen LogP contribution in [0.2, 0.25) is 0 Å².